The summed E-state index contributed by atoms with van der Waals surface area (Å²) < 4.78 is 0. The van der Waals surface area contributed by atoms with Crippen LogP contribution in [-0.4, -0.2) is 46.2 Å². The fraction of sp³-hybridized carbons (Fsp3) is 0.400. The number of nitrogens with zero attached hydrogens (tertiary/aromatic N) is 1. The van der Waals surface area contributed by atoms with Crippen LogP contribution in [0.5, 0.6) is 0 Å². The highest BCUT2D eigenvalue weighted by atomic mass is 16.3. The van der Waals surface area contributed by atoms with Crippen LogP contribution in [0.25, 0.3) is 0 Å². The maximum absolute atomic E-state index is 13.2. The lowest BCUT2D eigenvalue weighted by molar-refractivity contribution is 0.0928. The fourth-order valence-electron chi connectivity index (χ4n) is 5.55. The second-order valence-corrected chi connectivity index (χ2v) is 10.5. The molecule has 0 bridgehead atoms. The van der Waals surface area contributed by atoms with Gasteiger partial charge in [-0.1, -0.05) is 48.5 Å². The quantitative estimate of drug-likeness (QED) is 0.310. The molecule has 3 aromatic rings. The number of aliphatic hydroxyl groups excluding tert-OH is 1. The smallest absolute Gasteiger partial charge is 0.251 e. The van der Waals surface area contributed by atoms with Gasteiger partial charge in [0.25, 0.3) is 5.91 Å². The Morgan fingerprint density at radius 3 is 2.51 bits per heavy atom. The zero-order chi connectivity index (χ0) is 25.6. The van der Waals surface area contributed by atoms with Crippen molar-refractivity contribution in [1.82, 2.24) is 26.5 Å². The number of aromatic nitrogens is 1. The summed E-state index contributed by atoms with van der Waals surface area (Å²) in [5.74, 6) is -0.0486. The molecule has 2 aromatic carbocycles. The molecule has 0 aliphatic carbocycles. The van der Waals surface area contributed by atoms with E-state index >= 15 is 0 Å². The molecule has 1 aromatic heterocycles. The SMILES string of the molecule is CC1CC(C(Cc2ccccc2)NC(=O)c2ccc(CC3CCC(C(O)c4cccnc4)N3)cc2)NN1. The molecule has 37 heavy (non-hydrogen) atoms. The Morgan fingerprint density at radius 1 is 1.00 bits per heavy atom. The van der Waals surface area contributed by atoms with Gasteiger partial charge in [-0.15, -0.1) is 0 Å². The molecule has 6 atom stereocenters. The Kier molecular flexibility index (Phi) is 8.26. The summed E-state index contributed by atoms with van der Waals surface area (Å²) in [6, 6.07) is 22.9. The summed E-state index contributed by atoms with van der Waals surface area (Å²) in [4.78, 5) is 17.3. The van der Waals surface area contributed by atoms with Gasteiger partial charge >= 0.3 is 0 Å². The van der Waals surface area contributed by atoms with Crippen LogP contribution < -0.4 is 21.5 Å². The van der Waals surface area contributed by atoms with Gasteiger partial charge in [-0.25, -0.2) is 0 Å². The highest BCUT2D eigenvalue weighted by Gasteiger charge is 2.31. The van der Waals surface area contributed by atoms with E-state index in [4.69, 9.17) is 0 Å². The summed E-state index contributed by atoms with van der Waals surface area (Å²) in [5.41, 5.74) is 10.6. The van der Waals surface area contributed by atoms with Crippen LogP contribution in [0.2, 0.25) is 0 Å². The number of nitrogens with one attached hydrogen (secondary N) is 4. The number of amides is 1. The van der Waals surface area contributed by atoms with E-state index < -0.39 is 6.10 Å². The van der Waals surface area contributed by atoms with Crippen LogP contribution >= 0.6 is 0 Å². The number of hydrogen-bond donors (Lipinski definition) is 5. The lowest BCUT2D eigenvalue weighted by Gasteiger charge is -2.25. The van der Waals surface area contributed by atoms with E-state index in [1.165, 1.54) is 11.1 Å². The van der Waals surface area contributed by atoms with Crippen molar-refractivity contribution in [3.05, 3.63) is 101 Å². The van der Waals surface area contributed by atoms with E-state index in [0.717, 1.165) is 37.7 Å². The van der Waals surface area contributed by atoms with E-state index in [0.29, 0.717) is 17.6 Å². The third-order valence-electron chi connectivity index (χ3n) is 7.60. The normalized spacial score (nSPS) is 25.0. The molecular weight excluding hydrogens is 462 g/mol. The molecule has 7 heteroatoms. The topological polar surface area (TPSA) is 98.3 Å². The molecule has 2 aliphatic rings. The molecule has 5 N–H and O–H groups in total. The minimum Gasteiger partial charge on any atom is -0.387 e. The molecular formula is C30H37N5O2. The Labute approximate surface area is 219 Å². The molecule has 2 fully saturated rings. The summed E-state index contributed by atoms with van der Waals surface area (Å²) >= 11 is 0. The minimum atomic E-state index is -0.554. The van der Waals surface area contributed by atoms with Gasteiger partial charge in [0.1, 0.15) is 0 Å². The lowest BCUT2D eigenvalue weighted by atomic mass is 9.96. The van der Waals surface area contributed by atoms with Crippen molar-refractivity contribution < 1.29 is 9.90 Å². The van der Waals surface area contributed by atoms with Crippen molar-refractivity contribution >= 4 is 5.91 Å². The zero-order valence-electron chi connectivity index (χ0n) is 21.3. The van der Waals surface area contributed by atoms with Gasteiger partial charge in [-0.05, 0) is 68.4 Å². The molecule has 3 heterocycles. The molecule has 194 valence electrons. The molecule has 5 rings (SSSR count). The molecule has 0 spiro atoms. The molecule has 7 nitrogen and oxygen atoms in total. The number of hydrazine groups is 1. The van der Waals surface area contributed by atoms with Crippen molar-refractivity contribution in [2.24, 2.45) is 0 Å². The monoisotopic (exact) mass is 499 g/mol. The van der Waals surface area contributed by atoms with Crippen LogP contribution in [-0.2, 0) is 12.8 Å². The maximum atomic E-state index is 13.2. The Morgan fingerprint density at radius 2 is 1.81 bits per heavy atom. The van der Waals surface area contributed by atoms with Crippen LogP contribution in [0.1, 0.15) is 59.3 Å². The summed E-state index contributed by atoms with van der Waals surface area (Å²) in [6.07, 6.45) is 7.42. The number of benzene rings is 2. The first-order valence-corrected chi connectivity index (χ1v) is 13.3. The second-order valence-electron chi connectivity index (χ2n) is 10.5. The molecule has 0 radical (unpaired) electrons. The molecule has 1 amide bonds. The van der Waals surface area contributed by atoms with Crippen molar-refractivity contribution in [3.63, 3.8) is 0 Å². The van der Waals surface area contributed by atoms with Gasteiger partial charge in [0.15, 0.2) is 0 Å². The van der Waals surface area contributed by atoms with Crippen LogP contribution in [0.4, 0.5) is 0 Å². The third kappa shape index (κ3) is 6.62. The molecule has 2 saturated heterocycles. The van der Waals surface area contributed by atoms with Crippen LogP contribution in [0, 0.1) is 0 Å². The van der Waals surface area contributed by atoms with Crippen LogP contribution in [0.15, 0.2) is 79.1 Å². The third-order valence-corrected chi connectivity index (χ3v) is 7.60. The van der Waals surface area contributed by atoms with Gasteiger partial charge in [-0.2, -0.15) is 0 Å². The summed E-state index contributed by atoms with van der Waals surface area (Å²) in [6.45, 7) is 2.15. The zero-order valence-corrected chi connectivity index (χ0v) is 21.3. The predicted molar refractivity (Wildman–Crippen MR) is 145 cm³/mol. The van der Waals surface area contributed by atoms with Gasteiger partial charge in [0.2, 0.25) is 0 Å². The maximum Gasteiger partial charge on any atom is 0.251 e. The number of rotatable bonds is 9. The molecule has 6 unspecified atom stereocenters. The summed E-state index contributed by atoms with van der Waals surface area (Å²) in [5, 5.41) is 17.6. The Balaban J connectivity index is 1.17. The van der Waals surface area contributed by atoms with Gasteiger partial charge in [0, 0.05) is 53.7 Å². The highest BCUT2D eigenvalue weighted by Crippen LogP contribution is 2.26. The predicted octanol–water partition coefficient (Wildman–Crippen LogP) is 3.07. The largest absolute Gasteiger partial charge is 0.387 e. The van der Waals surface area contributed by atoms with E-state index in [1.807, 2.05) is 54.6 Å². The van der Waals surface area contributed by atoms with Gasteiger partial charge < -0.3 is 15.7 Å². The van der Waals surface area contributed by atoms with Crippen molar-refractivity contribution in [2.45, 2.75) is 75.3 Å². The van der Waals surface area contributed by atoms with E-state index in [2.05, 4.69) is 45.5 Å². The number of hydrogen-bond acceptors (Lipinski definition) is 6. The molecule has 2 aliphatic heterocycles. The number of pyridine rings is 1. The number of carbonyl (C=O) groups excluding carboxylic acids is 1. The summed E-state index contributed by atoms with van der Waals surface area (Å²) in [7, 11) is 0. The van der Waals surface area contributed by atoms with Gasteiger partial charge in [0.05, 0.1) is 6.10 Å². The van der Waals surface area contributed by atoms with Crippen LogP contribution in [0.3, 0.4) is 0 Å². The minimum absolute atomic E-state index is 0.0158. The first-order chi connectivity index (χ1) is 18.0. The van der Waals surface area contributed by atoms with E-state index in [1.54, 1.807) is 12.4 Å². The average Bonchev–Trinajstić information content (AvgIpc) is 3.58. The average molecular weight is 500 g/mol. The Bertz CT molecular complexity index is 1140. The van der Waals surface area contributed by atoms with E-state index in [9.17, 15) is 9.90 Å². The van der Waals surface area contributed by atoms with Gasteiger partial charge in [-0.3, -0.25) is 20.6 Å². The first kappa shape index (κ1) is 25.5. The van der Waals surface area contributed by atoms with E-state index in [-0.39, 0.29) is 24.0 Å². The van der Waals surface area contributed by atoms with Crippen molar-refractivity contribution in [2.75, 3.05) is 0 Å². The number of carbonyl (C=O) groups is 1. The first-order valence-electron chi connectivity index (χ1n) is 13.3. The molecule has 0 saturated carbocycles. The highest BCUT2D eigenvalue weighted by molar-refractivity contribution is 5.94. The Hall–Kier alpha value is -3.10. The number of aliphatic hydroxyl groups is 1. The second kappa shape index (κ2) is 12.0. The lowest BCUT2D eigenvalue weighted by Crippen LogP contribution is -2.50. The van der Waals surface area contributed by atoms with Crippen molar-refractivity contribution in [1.29, 1.82) is 0 Å². The van der Waals surface area contributed by atoms with Crippen molar-refractivity contribution in [3.8, 4) is 0 Å². The standard InChI is InChI=1S/C30H37N5O2/c1-20-16-28(35-34-20)27(18-21-6-3-2-4-7-21)33-30(37)23-11-9-22(10-12-23)17-25-13-14-26(32-25)29(36)24-8-5-15-31-19-24/h2-12,15,19-20,25-29,32,34-36H,13-14,16-18H2,1H3,(H,33,37). The fourth-order valence-corrected chi connectivity index (χ4v) is 5.55.